The van der Waals surface area contributed by atoms with Crippen LogP contribution in [0.5, 0.6) is 0 Å². The molecule has 3 aliphatic rings. The Labute approximate surface area is 339 Å². The minimum Gasteiger partial charge on any atom is -0.352 e. The molecule has 5 heterocycles. The fraction of sp³-hybridized carbons (Fsp3) is 0.318. The standard InChI is InChI=1S/C44H44FN9O3S/c1-27-39-41(52-21-23-53(24-22-52)43(56)34-10-6-8-29-7-2-3-9-33(29)34)48-37(49-42(39)54(51-27)32-19-15-30(45)16-20-32)25-28-13-17-31(18-14-28)46-38(55)12-5-4-11-36-40-35(26-58-36)47-44(57)50-40/h2-3,6-10,13-20,35-36,40H,4-5,11-12,21-26H2,1H3,(H,46,55)(H2,47,50,57). The molecule has 3 fully saturated rings. The maximum absolute atomic E-state index is 13.9. The van der Waals surface area contributed by atoms with Crippen molar-refractivity contribution in [3.63, 3.8) is 0 Å². The van der Waals surface area contributed by atoms with Crippen LogP contribution in [0.1, 0.15) is 53.1 Å². The molecule has 2 aromatic heterocycles. The van der Waals surface area contributed by atoms with Crippen LogP contribution in [0.3, 0.4) is 0 Å². The molecule has 296 valence electrons. The summed E-state index contributed by atoms with van der Waals surface area (Å²) in [5, 5.41) is 17.1. The van der Waals surface area contributed by atoms with Crippen molar-refractivity contribution in [3.05, 3.63) is 119 Å². The van der Waals surface area contributed by atoms with E-state index in [1.54, 1.807) is 16.8 Å². The van der Waals surface area contributed by atoms with E-state index >= 15 is 0 Å². The van der Waals surface area contributed by atoms with Crippen molar-refractivity contribution >= 4 is 62.9 Å². The van der Waals surface area contributed by atoms with Gasteiger partial charge in [-0.1, -0.05) is 55.0 Å². The van der Waals surface area contributed by atoms with Gasteiger partial charge in [-0.25, -0.2) is 23.8 Å². The molecular weight excluding hydrogens is 754 g/mol. The number of hydrogen-bond donors (Lipinski definition) is 3. The Bertz CT molecular complexity index is 2500. The molecule has 3 saturated heterocycles. The number of anilines is 2. The first-order chi connectivity index (χ1) is 28.3. The number of hydrogen-bond acceptors (Lipinski definition) is 8. The second-order valence-electron chi connectivity index (χ2n) is 15.2. The summed E-state index contributed by atoms with van der Waals surface area (Å²) in [6, 6.07) is 28.1. The molecule has 3 unspecified atom stereocenters. The van der Waals surface area contributed by atoms with Crippen molar-refractivity contribution in [1.82, 2.24) is 35.3 Å². The second kappa shape index (κ2) is 16.1. The third-order valence-electron chi connectivity index (χ3n) is 11.4. The Balaban J connectivity index is 0.892. The van der Waals surface area contributed by atoms with E-state index < -0.39 is 0 Å². The van der Waals surface area contributed by atoms with Gasteiger partial charge in [0.1, 0.15) is 17.5 Å². The van der Waals surface area contributed by atoms with E-state index in [1.807, 2.05) is 90.3 Å². The van der Waals surface area contributed by atoms with Gasteiger partial charge in [0.15, 0.2) is 5.65 Å². The minimum atomic E-state index is -0.334. The first kappa shape index (κ1) is 37.6. The van der Waals surface area contributed by atoms with Crippen molar-refractivity contribution in [1.29, 1.82) is 0 Å². The molecule has 0 bridgehead atoms. The molecule has 14 heteroatoms. The third-order valence-corrected chi connectivity index (χ3v) is 12.9. The maximum atomic E-state index is 13.9. The average molecular weight is 798 g/mol. The zero-order valence-electron chi connectivity index (χ0n) is 32.2. The number of rotatable bonds is 11. The lowest BCUT2D eigenvalue weighted by atomic mass is 10.0. The van der Waals surface area contributed by atoms with E-state index in [9.17, 15) is 18.8 Å². The van der Waals surface area contributed by atoms with Gasteiger partial charge in [0.05, 0.1) is 28.9 Å². The number of nitrogens with one attached hydrogen (secondary N) is 3. The van der Waals surface area contributed by atoms with Crippen LogP contribution in [0.2, 0.25) is 0 Å². The fourth-order valence-electron chi connectivity index (χ4n) is 8.37. The molecule has 0 aliphatic carbocycles. The largest absolute Gasteiger partial charge is 0.352 e. The van der Waals surface area contributed by atoms with E-state index in [4.69, 9.17) is 15.1 Å². The number of aryl methyl sites for hydroxylation is 1. The summed E-state index contributed by atoms with van der Waals surface area (Å²) in [6.45, 7) is 4.14. The first-order valence-electron chi connectivity index (χ1n) is 19.9. The Kier molecular flexibility index (Phi) is 10.4. The Morgan fingerprint density at radius 1 is 0.897 bits per heavy atom. The van der Waals surface area contributed by atoms with Gasteiger partial charge < -0.3 is 25.8 Å². The number of thioether (sulfide) groups is 1. The van der Waals surface area contributed by atoms with Crippen LogP contribution in [0.25, 0.3) is 27.5 Å². The number of carbonyl (C=O) groups excluding carboxylic acids is 3. The maximum Gasteiger partial charge on any atom is 0.315 e. The quantitative estimate of drug-likeness (QED) is 0.0982. The van der Waals surface area contributed by atoms with Gasteiger partial charge in [-0.3, -0.25) is 9.59 Å². The summed E-state index contributed by atoms with van der Waals surface area (Å²) in [4.78, 5) is 52.6. The molecular formula is C44H44FN9O3S. The van der Waals surface area contributed by atoms with Crippen LogP contribution in [-0.4, -0.2) is 91.8 Å². The predicted molar refractivity (Wildman–Crippen MR) is 225 cm³/mol. The zero-order valence-corrected chi connectivity index (χ0v) is 33.0. The van der Waals surface area contributed by atoms with Crippen molar-refractivity contribution in [2.75, 3.05) is 42.1 Å². The number of aromatic nitrogens is 4. The highest BCUT2D eigenvalue weighted by atomic mass is 32.2. The highest BCUT2D eigenvalue weighted by Gasteiger charge is 2.42. The molecule has 58 heavy (non-hydrogen) atoms. The number of benzene rings is 4. The lowest BCUT2D eigenvalue weighted by molar-refractivity contribution is -0.116. The van der Waals surface area contributed by atoms with Gasteiger partial charge in [0.2, 0.25) is 5.91 Å². The molecule has 6 aromatic rings. The number of amides is 4. The van der Waals surface area contributed by atoms with E-state index in [1.165, 1.54) is 12.1 Å². The summed E-state index contributed by atoms with van der Waals surface area (Å²) in [5.74, 6) is 1.93. The van der Waals surface area contributed by atoms with Crippen LogP contribution >= 0.6 is 11.8 Å². The second-order valence-corrected chi connectivity index (χ2v) is 16.5. The molecule has 0 radical (unpaired) electrons. The number of nitrogens with zero attached hydrogens (tertiary/aromatic N) is 6. The lowest BCUT2D eigenvalue weighted by Gasteiger charge is -2.36. The molecule has 9 rings (SSSR count). The normalized spacial score (nSPS) is 19.0. The van der Waals surface area contributed by atoms with Crippen molar-refractivity contribution in [2.24, 2.45) is 0 Å². The van der Waals surface area contributed by atoms with Gasteiger partial charge >= 0.3 is 6.03 Å². The van der Waals surface area contributed by atoms with Crippen LogP contribution in [0.15, 0.2) is 91.0 Å². The summed E-state index contributed by atoms with van der Waals surface area (Å²) < 4.78 is 15.7. The Hall–Kier alpha value is -6.02. The summed E-state index contributed by atoms with van der Waals surface area (Å²) in [5.41, 5.74) is 4.46. The van der Waals surface area contributed by atoms with Crippen LogP contribution in [0, 0.1) is 12.7 Å². The number of fused-ring (bicyclic) bond motifs is 3. The number of piperazine rings is 1. The zero-order chi connectivity index (χ0) is 39.8. The van der Waals surface area contributed by atoms with Crippen LogP contribution < -0.4 is 20.9 Å². The fourth-order valence-corrected chi connectivity index (χ4v) is 9.91. The van der Waals surface area contributed by atoms with Crippen molar-refractivity contribution in [2.45, 2.75) is 56.4 Å². The van der Waals surface area contributed by atoms with Crippen LogP contribution in [-0.2, 0) is 11.2 Å². The van der Waals surface area contributed by atoms with Gasteiger partial charge in [-0.15, -0.1) is 0 Å². The van der Waals surface area contributed by atoms with Crippen LogP contribution in [0.4, 0.5) is 20.7 Å². The number of unbranched alkanes of at least 4 members (excludes halogenated alkanes) is 1. The predicted octanol–water partition coefficient (Wildman–Crippen LogP) is 6.63. The molecule has 4 amide bonds. The average Bonchev–Trinajstić information content (AvgIpc) is 3.91. The van der Waals surface area contributed by atoms with E-state index in [0.717, 1.165) is 63.9 Å². The highest BCUT2D eigenvalue weighted by molar-refractivity contribution is 8.00. The summed E-state index contributed by atoms with van der Waals surface area (Å²) in [6.07, 6.45) is 3.54. The minimum absolute atomic E-state index is 0.0145. The Morgan fingerprint density at radius 2 is 1.67 bits per heavy atom. The van der Waals surface area contributed by atoms with Gasteiger partial charge in [0, 0.05) is 61.3 Å². The molecule has 4 aromatic carbocycles. The van der Waals surface area contributed by atoms with Crippen molar-refractivity contribution in [3.8, 4) is 5.69 Å². The third kappa shape index (κ3) is 7.68. The molecule has 3 aliphatic heterocycles. The highest BCUT2D eigenvalue weighted by Crippen LogP contribution is 2.34. The van der Waals surface area contributed by atoms with Crippen molar-refractivity contribution < 1.29 is 18.8 Å². The number of halogens is 1. The van der Waals surface area contributed by atoms with Gasteiger partial charge in [-0.2, -0.15) is 16.9 Å². The molecule has 3 N–H and O–H groups in total. The SMILES string of the molecule is Cc1nn(-c2ccc(F)cc2)c2nc(Cc3ccc(NC(=O)CCCCC4SCC5NC(=O)NC54)cc3)nc(N3CCN(C(=O)c4cccc5ccccc45)CC3)c12. The topological polar surface area (TPSA) is 137 Å². The lowest BCUT2D eigenvalue weighted by Crippen LogP contribution is -2.49. The number of carbonyl (C=O) groups is 3. The van der Waals surface area contributed by atoms with E-state index in [2.05, 4.69) is 20.9 Å². The molecule has 0 saturated carbocycles. The smallest absolute Gasteiger partial charge is 0.315 e. The van der Waals surface area contributed by atoms with Gasteiger partial charge in [-0.05, 0) is 78.6 Å². The molecule has 3 atom stereocenters. The summed E-state index contributed by atoms with van der Waals surface area (Å²) in [7, 11) is 0. The molecule has 0 spiro atoms. The summed E-state index contributed by atoms with van der Waals surface area (Å²) >= 11 is 1.89. The molecule has 12 nitrogen and oxygen atoms in total. The first-order valence-corrected chi connectivity index (χ1v) is 20.9. The van der Waals surface area contributed by atoms with E-state index in [0.29, 0.717) is 67.0 Å². The number of urea groups is 1. The van der Waals surface area contributed by atoms with Gasteiger partial charge in [0.25, 0.3) is 5.91 Å². The Morgan fingerprint density at radius 3 is 2.48 bits per heavy atom. The monoisotopic (exact) mass is 797 g/mol. The van der Waals surface area contributed by atoms with E-state index in [-0.39, 0.29) is 35.7 Å².